The number of hydrogen-bond acceptors (Lipinski definition) is 5. The highest BCUT2D eigenvalue weighted by Crippen LogP contribution is 2.19. The van der Waals surface area contributed by atoms with Crippen molar-refractivity contribution in [2.24, 2.45) is 10.7 Å². The molecule has 8 heteroatoms. The van der Waals surface area contributed by atoms with Gasteiger partial charge in [0.2, 0.25) is 0 Å². The third kappa shape index (κ3) is 6.10. The average molecular weight is 468 g/mol. The van der Waals surface area contributed by atoms with Crippen molar-refractivity contribution in [2.75, 3.05) is 37.7 Å². The topological polar surface area (TPSA) is 88.7 Å². The van der Waals surface area contributed by atoms with Crippen LogP contribution >= 0.6 is 24.0 Å². The summed E-state index contributed by atoms with van der Waals surface area (Å²) in [6.07, 6.45) is 4.41. The molecule has 0 saturated carbocycles. The Balaban J connectivity index is 0.00000243. The molecule has 0 unspecified atom stereocenters. The molecule has 2 aromatic heterocycles. The Hall–Kier alpha value is -1.94. The highest BCUT2D eigenvalue weighted by atomic mass is 127. The highest BCUT2D eigenvalue weighted by molar-refractivity contribution is 14.0. The van der Waals surface area contributed by atoms with Gasteiger partial charge in [-0.2, -0.15) is 0 Å². The molecule has 3 heterocycles. The number of morpholine rings is 1. The minimum atomic E-state index is 0. The summed E-state index contributed by atoms with van der Waals surface area (Å²) in [5.41, 5.74) is 8.08. The minimum absolute atomic E-state index is 0. The van der Waals surface area contributed by atoms with Crippen LogP contribution in [0.25, 0.3) is 0 Å². The number of pyridine rings is 2. The second-order valence-corrected chi connectivity index (χ2v) is 5.78. The molecule has 1 aliphatic heterocycles. The molecule has 0 aliphatic carbocycles. The molecule has 3 N–H and O–H groups in total. The van der Waals surface area contributed by atoms with E-state index in [1.54, 1.807) is 6.20 Å². The molecule has 0 amide bonds. The van der Waals surface area contributed by atoms with Gasteiger partial charge >= 0.3 is 0 Å². The number of nitrogens with zero attached hydrogens (tertiary/aromatic N) is 4. The number of nitrogens with two attached hydrogens (primary N) is 1. The molecule has 0 spiro atoms. The monoisotopic (exact) mass is 468 g/mol. The lowest BCUT2D eigenvalue weighted by atomic mass is 10.2. The fourth-order valence-electron chi connectivity index (χ4n) is 2.70. The number of ether oxygens (including phenoxy) is 1. The molecule has 0 radical (unpaired) electrons. The summed E-state index contributed by atoms with van der Waals surface area (Å²) in [5, 5.41) is 3.13. The van der Waals surface area contributed by atoms with Crippen LogP contribution in [0.5, 0.6) is 0 Å². The van der Waals surface area contributed by atoms with Crippen LogP contribution in [0.3, 0.4) is 0 Å². The largest absolute Gasteiger partial charge is 0.378 e. The number of halogens is 1. The van der Waals surface area contributed by atoms with Crippen molar-refractivity contribution in [2.45, 2.75) is 13.0 Å². The van der Waals surface area contributed by atoms with Crippen molar-refractivity contribution in [3.05, 3.63) is 54.0 Å². The van der Waals surface area contributed by atoms with Crippen molar-refractivity contribution in [3.8, 4) is 0 Å². The summed E-state index contributed by atoms with van der Waals surface area (Å²) in [6, 6.07) is 9.86. The summed E-state index contributed by atoms with van der Waals surface area (Å²) in [6.45, 7) is 4.38. The van der Waals surface area contributed by atoms with Crippen LogP contribution < -0.4 is 16.0 Å². The Bertz CT molecular complexity index is 691. The van der Waals surface area contributed by atoms with E-state index in [4.69, 9.17) is 10.5 Å². The normalized spacial score (nSPS) is 14.6. The van der Waals surface area contributed by atoms with E-state index in [-0.39, 0.29) is 24.0 Å². The molecule has 3 rings (SSSR count). The van der Waals surface area contributed by atoms with Gasteiger partial charge in [-0.1, -0.05) is 12.1 Å². The molecule has 0 aromatic carbocycles. The summed E-state index contributed by atoms with van der Waals surface area (Å²) < 4.78 is 5.41. The standard InChI is InChI=1S/C18H24N6O.HI/c19-18(22-9-6-16-5-1-2-7-20-16)23-14-15-4-3-8-21-17(15)24-10-12-25-13-11-24;/h1-5,7-8H,6,9-14H2,(H3,19,22,23);1H. The van der Waals surface area contributed by atoms with E-state index in [1.807, 2.05) is 36.5 Å². The number of rotatable bonds is 6. The van der Waals surface area contributed by atoms with Gasteiger partial charge in [0.1, 0.15) is 5.82 Å². The summed E-state index contributed by atoms with van der Waals surface area (Å²) in [5.74, 6) is 1.41. The molecule has 1 aliphatic rings. The quantitative estimate of drug-likeness (QED) is 0.380. The lowest BCUT2D eigenvalue weighted by Crippen LogP contribution is -2.37. The van der Waals surface area contributed by atoms with E-state index in [1.165, 1.54) is 0 Å². The Kier molecular flexibility index (Phi) is 8.56. The van der Waals surface area contributed by atoms with E-state index < -0.39 is 0 Å². The summed E-state index contributed by atoms with van der Waals surface area (Å²) >= 11 is 0. The first-order valence-electron chi connectivity index (χ1n) is 8.53. The number of guanidine groups is 1. The van der Waals surface area contributed by atoms with Crippen molar-refractivity contribution in [1.29, 1.82) is 0 Å². The van der Waals surface area contributed by atoms with Crippen molar-refractivity contribution in [3.63, 3.8) is 0 Å². The smallest absolute Gasteiger partial charge is 0.188 e. The average Bonchev–Trinajstić information content (AvgIpc) is 2.68. The third-order valence-corrected chi connectivity index (χ3v) is 4.01. The molecule has 26 heavy (non-hydrogen) atoms. The van der Waals surface area contributed by atoms with Crippen LogP contribution in [0, 0.1) is 0 Å². The van der Waals surface area contributed by atoms with Gasteiger partial charge in [-0.25, -0.2) is 9.98 Å². The van der Waals surface area contributed by atoms with Gasteiger partial charge in [0.05, 0.1) is 19.8 Å². The maximum atomic E-state index is 5.98. The Labute approximate surface area is 171 Å². The lowest BCUT2D eigenvalue weighted by Gasteiger charge is -2.29. The van der Waals surface area contributed by atoms with Gasteiger partial charge < -0.3 is 20.7 Å². The zero-order valence-electron chi connectivity index (χ0n) is 14.7. The van der Waals surface area contributed by atoms with Crippen LogP contribution in [0.2, 0.25) is 0 Å². The van der Waals surface area contributed by atoms with Crippen molar-refractivity contribution < 1.29 is 4.74 Å². The molecule has 1 saturated heterocycles. The fraction of sp³-hybridized carbons (Fsp3) is 0.389. The molecule has 7 nitrogen and oxygen atoms in total. The predicted molar refractivity (Wildman–Crippen MR) is 114 cm³/mol. The zero-order chi connectivity index (χ0) is 17.3. The van der Waals surface area contributed by atoms with E-state index in [0.29, 0.717) is 19.0 Å². The first-order valence-corrected chi connectivity index (χ1v) is 8.53. The van der Waals surface area contributed by atoms with Crippen LogP contribution in [0.1, 0.15) is 11.3 Å². The Morgan fingerprint density at radius 1 is 1.15 bits per heavy atom. The molecule has 0 bridgehead atoms. The third-order valence-electron chi connectivity index (χ3n) is 4.01. The molecular formula is C18H25IN6O. The van der Waals surface area contributed by atoms with Gasteiger partial charge in [-0.3, -0.25) is 4.98 Å². The van der Waals surface area contributed by atoms with Gasteiger partial charge in [-0.15, -0.1) is 24.0 Å². The van der Waals surface area contributed by atoms with Crippen molar-refractivity contribution >= 4 is 35.8 Å². The molecular weight excluding hydrogens is 443 g/mol. The van der Waals surface area contributed by atoms with E-state index in [0.717, 1.165) is 49.8 Å². The van der Waals surface area contributed by atoms with E-state index in [2.05, 4.69) is 25.2 Å². The van der Waals surface area contributed by atoms with Crippen molar-refractivity contribution in [1.82, 2.24) is 15.3 Å². The Morgan fingerprint density at radius 2 is 1.96 bits per heavy atom. The van der Waals surface area contributed by atoms with Gasteiger partial charge in [-0.05, 0) is 18.2 Å². The molecule has 140 valence electrons. The number of aromatic nitrogens is 2. The number of anilines is 1. The zero-order valence-corrected chi connectivity index (χ0v) is 17.0. The van der Waals surface area contributed by atoms with Crippen LogP contribution in [0.4, 0.5) is 5.82 Å². The highest BCUT2D eigenvalue weighted by Gasteiger charge is 2.15. The predicted octanol–water partition coefficient (Wildman–Crippen LogP) is 1.58. The maximum Gasteiger partial charge on any atom is 0.188 e. The molecule has 1 fully saturated rings. The second kappa shape index (κ2) is 10.9. The summed E-state index contributed by atoms with van der Waals surface area (Å²) in [7, 11) is 0. The van der Waals surface area contributed by atoms with Gasteiger partial charge in [0, 0.05) is 49.7 Å². The lowest BCUT2D eigenvalue weighted by molar-refractivity contribution is 0.122. The van der Waals surface area contributed by atoms with Crippen LogP contribution in [0.15, 0.2) is 47.7 Å². The summed E-state index contributed by atoms with van der Waals surface area (Å²) in [4.78, 5) is 15.5. The van der Waals surface area contributed by atoms with Gasteiger partial charge in [0.25, 0.3) is 0 Å². The van der Waals surface area contributed by atoms with Crippen LogP contribution in [-0.2, 0) is 17.7 Å². The number of aliphatic imine (C=N–C) groups is 1. The van der Waals surface area contributed by atoms with E-state index >= 15 is 0 Å². The fourth-order valence-corrected chi connectivity index (χ4v) is 2.70. The first kappa shape index (κ1) is 20.4. The van der Waals surface area contributed by atoms with Crippen LogP contribution in [-0.4, -0.2) is 48.8 Å². The van der Waals surface area contributed by atoms with E-state index in [9.17, 15) is 0 Å². The minimum Gasteiger partial charge on any atom is -0.378 e. The Morgan fingerprint density at radius 3 is 2.73 bits per heavy atom. The maximum absolute atomic E-state index is 5.98. The second-order valence-electron chi connectivity index (χ2n) is 5.78. The first-order chi connectivity index (χ1) is 12.3. The SMILES string of the molecule is I.NC(=NCc1cccnc1N1CCOCC1)NCCc1ccccn1. The molecule has 0 atom stereocenters. The van der Waals surface area contributed by atoms with Gasteiger partial charge in [0.15, 0.2) is 5.96 Å². The number of hydrogen-bond donors (Lipinski definition) is 2. The number of nitrogens with one attached hydrogen (secondary N) is 1. The molecule has 2 aromatic rings.